The molecule has 0 spiro atoms. The summed E-state index contributed by atoms with van der Waals surface area (Å²) in [7, 11) is 0. The van der Waals surface area contributed by atoms with Crippen LogP contribution in [0.15, 0.2) is 53.6 Å². The summed E-state index contributed by atoms with van der Waals surface area (Å²) in [6.07, 6.45) is 1.56. The van der Waals surface area contributed by atoms with Crippen molar-refractivity contribution >= 4 is 12.1 Å². The van der Waals surface area contributed by atoms with Crippen molar-refractivity contribution < 1.29 is 13.9 Å². The minimum atomic E-state index is -0.518. The van der Waals surface area contributed by atoms with Crippen molar-refractivity contribution in [2.45, 2.75) is 27.3 Å². The van der Waals surface area contributed by atoms with Crippen molar-refractivity contribution in [3.05, 3.63) is 82.4 Å². The van der Waals surface area contributed by atoms with Crippen LogP contribution in [0.2, 0.25) is 0 Å². The first-order valence-corrected chi connectivity index (χ1v) is 9.23. The van der Waals surface area contributed by atoms with Gasteiger partial charge in [0.25, 0.3) is 5.91 Å². The van der Waals surface area contributed by atoms with Crippen LogP contribution in [0, 0.1) is 26.6 Å². The summed E-state index contributed by atoms with van der Waals surface area (Å²) in [5.74, 6) is -0.974. The third-order valence-electron chi connectivity index (χ3n) is 4.47. The molecule has 0 radical (unpaired) electrons. The van der Waals surface area contributed by atoms with Crippen molar-refractivity contribution in [1.82, 2.24) is 15.2 Å². The number of nitrogens with one attached hydrogen (secondary N) is 1. The second-order valence-corrected chi connectivity index (χ2v) is 6.74. The van der Waals surface area contributed by atoms with E-state index in [1.165, 1.54) is 17.7 Å². The molecule has 1 N–H and O–H groups in total. The number of carbonyl (C=O) groups excluding carboxylic acids is 1. The largest absolute Gasteiger partial charge is 0.481 e. The van der Waals surface area contributed by atoms with Gasteiger partial charge in [-0.15, -0.1) is 0 Å². The fourth-order valence-electron chi connectivity index (χ4n) is 2.82. The number of hydrogen-bond acceptors (Lipinski definition) is 4. The standard InChI is InChI=1S/C22H23FN4O2/c1-15-8-10-18(11-9-15)13-27-17(3)19(16(2)26-27)12-24-25-22(28)14-29-21-7-5-4-6-20(21)23/h4-12H,13-14H2,1-3H3,(H,25,28)/b24-12-. The lowest BCUT2D eigenvalue weighted by atomic mass is 10.1. The topological polar surface area (TPSA) is 68.5 Å². The van der Waals surface area contributed by atoms with Crippen molar-refractivity contribution in [2.24, 2.45) is 5.10 Å². The van der Waals surface area contributed by atoms with E-state index in [0.29, 0.717) is 6.54 Å². The normalized spacial score (nSPS) is 11.0. The van der Waals surface area contributed by atoms with E-state index >= 15 is 0 Å². The summed E-state index contributed by atoms with van der Waals surface area (Å²) in [6, 6.07) is 14.2. The van der Waals surface area contributed by atoms with E-state index in [9.17, 15) is 9.18 Å². The second-order valence-electron chi connectivity index (χ2n) is 6.74. The van der Waals surface area contributed by atoms with E-state index < -0.39 is 11.7 Å². The molecule has 7 heteroatoms. The Balaban J connectivity index is 1.58. The molecule has 29 heavy (non-hydrogen) atoms. The van der Waals surface area contributed by atoms with Crippen LogP contribution in [-0.2, 0) is 11.3 Å². The molecule has 0 bridgehead atoms. The van der Waals surface area contributed by atoms with Crippen LogP contribution >= 0.6 is 0 Å². The predicted molar refractivity (Wildman–Crippen MR) is 110 cm³/mol. The van der Waals surface area contributed by atoms with Gasteiger partial charge < -0.3 is 4.74 Å². The zero-order valence-electron chi connectivity index (χ0n) is 16.6. The Kier molecular flexibility index (Phi) is 6.39. The van der Waals surface area contributed by atoms with E-state index in [0.717, 1.165) is 22.5 Å². The molecule has 1 heterocycles. The van der Waals surface area contributed by atoms with Crippen LogP contribution < -0.4 is 10.2 Å². The molecule has 0 saturated carbocycles. The molecule has 0 aliphatic heterocycles. The summed E-state index contributed by atoms with van der Waals surface area (Å²) in [4.78, 5) is 11.9. The molecule has 1 aromatic heterocycles. The van der Waals surface area contributed by atoms with Crippen LogP contribution in [0.3, 0.4) is 0 Å². The zero-order chi connectivity index (χ0) is 20.8. The number of amides is 1. The fourth-order valence-corrected chi connectivity index (χ4v) is 2.82. The Morgan fingerprint density at radius 2 is 1.90 bits per heavy atom. The lowest BCUT2D eigenvalue weighted by Gasteiger charge is -2.06. The summed E-state index contributed by atoms with van der Waals surface area (Å²) in [6.45, 7) is 6.23. The van der Waals surface area contributed by atoms with Crippen LogP contribution in [0.5, 0.6) is 5.75 Å². The molecule has 150 valence electrons. The Labute approximate surface area is 169 Å². The van der Waals surface area contributed by atoms with E-state index in [1.54, 1.807) is 18.3 Å². The highest BCUT2D eigenvalue weighted by molar-refractivity contribution is 5.84. The highest BCUT2D eigenvalue weighted by atomic mass is 19.1. The molecular formula is C22H23FN4O2. The first-order chi connectivity index (χ1) is 13.9. The van der Waals surface area contributed by atoms with Gasteiger partial charge in [-0.3, -0.25) is 9.48 Å². The van der Waals surface area contributed by atoms with Gasteiger partial charge in [0.15, 0.2) is 18.2 Å². The van der Waals surface area contributed by atoms with Crippen LogP contribution in [0.1, 0.15) is 28.1 Å². The molecule has 0 unspecified atom stereocenters. The summed E-state index contributed by atoms with van der Waals surface area (Å²) >= 11 is 0. The average Bonchev–Trinajstić information content (AvgIpc) is 2.96. The second kappa shape index (κ2) is 9.14. The number of rotatable bonds is 7. The molecular weight excluding hydrogens is 371 g/mol. The van der Waals surface area contributed by atoms with Gasteiger partial charge in [-0.1, -0.05) is 42.0 Å². The number of halogens is 1. The molecule has 0 aliphatic rings. The minimum absolute atomic E-state index is 0.0238. The van der Waals surface area contributed by atoms with Gasteiger partial charge in [-0.25, -0.2) is 9.82 Å². The molecule has 0 saturated heterocycles. The van der Waals surface area contributed by atoms with Crippen LogP contribution in [-0.4, -0.2) is 28.5 Å². The van der Waals surface area contributed by atoms with E-state index in [1.807, 2.05) is 18.5 Å². The minimum Gasteiger partial charge on any atom is -0.481 e. The number of para-hydroxylation sites is 1. The van der Waals surface area contributed by atoms with Gasteiger partial charge in [-0.2, -0.15) is 10.2 Å². The number of carbonyl (C=O) groups is 1. The number of nitrogens with zero attached hydrogens (tertiary/aromatic N) is 3. The van der Waals surface area contributed by atoms with Crippen LogP contribution in [0.25, 0.3) is 0 Å². The lowest BCUT2D eigenvalue weighted by Crippen LogP contribution is -2.24. The quantitative estimate of drug-likeness (QED) is 0.492. The molecule has 2 aromatic carbocycles. The van der Waals surface area contributed by atoms with Crippen molar-refractivity contribution in [3.63, 3.8) is 0 Å². The number of aromatic nitrogens is 2. The summed E-state index contributed by atoms with van der Waals surface area (Å²) in [5.41, 5.74) is 7.36. The first kappa shape index (κ1) is 20.3. The maximum atomic E-state index is 13.5. The van der Waals surface area contributed by atoms with Gasteiger partial charge >= 0.3 is 0 Å². The smallest absolute Gasteiger partial charge is 0.277 e. The number of benzene rings is 2. The molecule has 0 atom stereocenters. The number of ether oxygens (including phenoxy) is 1. The molecule has 0 fully saturated rings. The van der Waals surface area contributed by atoms with Gasteiger partial charge in [-0.05, 0) is 38.5 Å². The number of hydrazone groups is 1. The first-order valence-electron chi connectivity index (χ1n) is 9.23. The molecule has 3 aromatic rings. The van der Waals surface area contributed by atoms with E-state index in [-0.39, 0.29) is 12.4 Å². The van der Waals surface area contributed by atoms with Crippen molar-refractivity contribution in [1.29, 1.82) is 0 Å². The van der Waals surface area contributed by atoms with Gasteiger partial charge in [0.1, 0.15) is 0 Å². The predicted octanol–water partition coefficient (Wildman–Crippen LogP) is 3.52. The highest BCUT2D eigenvalue weighted by Gasteiger charge is 2.11. The average molecular weight is 394 g/mol. The maximum Gasteiger partial charge on any atom is 0.277 e. The van der Waals surface area contributed by atoms with Crippen LogP contribution in [0.4, 0.5) is 4.39 Å². The monoisotopic (exact) mass is 394 g/mol. The Morgan fingerprint density at radius 1 is 1.17 bits per heavy atom. The molecule has 6 nitrogen and oxygen atoms in total. The molecule has 0 aliphatic carbocycles. The van der Waals surface area contributed by atoms with E-state index in [4.69, 9.17) is 4.74 Å². The highest BCUT2D eigenvalue weighted by Crippen LogP contribution is 2.15. The fraction of sp³-hybridized carbons (Fsp3) is 0.227. The maximum absolute atomic E-state index is 13.5. The van der Waals surface area contributed by atoms with Gasteiger partial charge in [0, 0.05) is 11.3 Å². The molecule has 3 rings (SSSR count). The zero-order valence-corrected chi connectivity index (χ0v) is 16.6. The Hall–Kier alpha value is -3.48. The Bertz CT molecular complexity index is 1030. The third kappa shape index (κ3) is 5.28. The summed E-state index contributed by atoms with van der Waals surface area (Å²) < 4.78 is 20.5. The SMILES string of the molecule is Cc1ccc(Cn2nc(C)c(/C=N\NC(=O)COc3ccccc3F)c2C)cc1. The third-order valence-corrected chi connectivity index (χ3v) is 4.47. The van der Waals surface area contributed by atoms with Crippen molar-refractivity contribution in [3.8, 4) is 5.75 Å². The lowest BCUT2D eigenvalue weighted by molar-refractivity contribution is -0.123. The number of aryl methyl sites for hydroxylation is 2. The van der Waals surface area contributed by atoms with Gasteiger partial charge in [0.05, 0.1) is 18.5 Å². The van der Waals surface area contributed by atoms with E-state index in [2.05, 4.69) is 46.8 Å². The number of hydrogen-bond donors (Lipinski definition) is 1. The van der Waals surface area contributed by atoms with Crippen molar-refractivity contribution in [2.75, 3.05) is 6.61 Å². The molecule has 1 amide bonds. The van der Waals surface area contributed by atoms with Gasteiger partial charge in [0.2, 0.25) is 0 Å². The Morgan fingerprint density at radius 3 is 2.62 bits per heavy atom. The summed E-state index contributed by atoms with van der Waals surface area (Å²) in [5, 5.41) is 8.54.